The molecule has 0 radical (unpaired) electrons. The molecule has 0 spiro atoms. The Bertz CT molecular complexity index is 890. The number of rotatable bonds is 8. The molecule has 3 rings (SSSR count). The first kappa shape index (κ1) is 20.1. The molecular formula is C21H24N2O4S. The number of nitrogens with zero attached hydrogens (tertiary/aromatic N) is 2. The number of hydrogen-bond acceptors (Lipinski definition) is 6. The number of amides is 1. The van der Waals surface area contributed by atoms with Gasteiger partial charge < -0.3 is 19.6 Å². The molecule has 1 atom stereocenters. The molecule has 6 nitrogen and oxygen atoms in total. The van der Waals surface area contributed by atoms with Crippen LogP contribution in [0.1, 0.15) is 27.7 Å². The fraction of sp³-hybridized carbons (Fsp3) is 0.333. The molecule has 0 bridgehead atoms. The number of aliphatic hydroxyl groups is 1. The van der Waals surface area contributed by atoms with Crippen LogP contribution < -0.4 is 4.74 Å². The molecule has 2 heterocycles. The largest absolute Gasteiger partial charge is 0.503 e. The second-order valence-electron chi connectivity index (χ2n) is 6.90. The molecule has 1 aromatic heterocycles. The van der Waals surface area contributed by atoms with E-state index in [4.69, 9.17) is 4.74 Å². The van der Waals surface area contributed by atoms with E-state index in [0.717, 1.165) is 18.5 Å². The van der Waals surface area contributed by atoms with E-state index in [0.29, 0.717) is 17.2 Å². The number of Topliss-reactive ketones (excluding diaryl/α,β-unsaturated/α-hetero) is 1. The number of methoxy groups -OCH3 is 1. The number of benzene rings is 1. The third kappa shape index (κ3) is 3.95. The van der Waals surface area contributed by atoms with Crippen molar-refractivity contribution in [3.05, 3.63) is 63.6 Å². The van der Waals surface area contributed by atoms with Crippen LogP contribution in [0.2, 0.25) is 0 Å². The Morgan fingerprint density at radius 3 is 2.71 bits per heavy atom. The molecule has 0 fully saturated rings. The van der Waals surface area contributed by atoms with Crippen LogP contribution in [0, 0.1) is 0 Å². The molecule has 0 unspecified atom stereocenters. The minimum absolute atomic E-state index is 0.130. The van der Waals surface area contributed by atoms with Gasteiger partial charge in [-0.1, -0.05) is 18.2 Å². The normalized spacial score (nSPS) is 16.9. The van der Waals surface area contributed by atoms with Crippen LogP contribution in [0.15, 0.2) is 53.1 Å². The number of hydrogen-bond donors (Lipinski definition) is 1. The minimum Gasteiger partial charge on any atom is -0.503 e. The lowest BCUT2D eigenvalue weighted by molar-refractivity contribution is -0.129. The Morgan fingerprint density at radius 1 is 1.29 bits per heavy atom. The van der Waals surface area contributed by atoms with Gasteiger partial charge in [-0.25, -0.2) is 0 Å². The van der Waals surface area contributed by atoms with Gasteiger partial charge in [0, 0.05) is 6.54 Å². The molecule has 1 N–H and O–H groups in total. The topological polar surface area (TPSA) is 70.1 Å². The van der Waals surface area contributed by atoms with Crippen molar-refractivity contribution in [3.63, 3.8) is 0 Å². The van der Waals surface area contributed by atoms with Crippen molar-refractivity contribution in [1.82, 2.24) is 9.80 Å². The third-order valence-electron chi connectivity index (χ3n) is 4.71. The lowest BCUT2D eigenvalue weighted by atomic mass is 9.95. The molecule has 1 amide bonds. The molecule has 0 aliphatic carbocycles. The smallest absolute Gasteiger partial charge is 0.290 e. The zero-order valence-electron chi connectivity index (χ0n) is 16.2. The maximum absolute atomic E-state index is 13.1. The summed E-state index contributed by atoms with van der Waals surface area (Å²) in [5, 5.41) is 12.4. The Kier molecular flexibility index (Phi) is 6.16. The van der Waals surface area contributed by atoms with E-state index >= 15 is 0 Å². The van der Waals surface area contributed by atoms with Crippen LogP contribution >= 0.6 is 11.3 Å². The van der Waals surface area contributed by atoms with Gasteiger partial charge in [-0.3, -0.25) is 9.59 Å². The second kappa shape index (κ2) is 8.58. The van der Waals surface area contributed by atoms with Gasteiger partial charge in [-0.05, 0) is 56.2 Å². The van der Waals surface area contributed by atoms with Gasteiger partial charge in [0.25, 0.3) is 5.91 Å². The van der Waals surface area contributed by atoms with Crippen LogP contribution in [0.3, 0.4) is 0 Å². The molecular weight excluding hydrogens is 376 g/mol. The van der Waals surface area contributed by atoms with E-state index in [2.05, 4.69) is 0 Å². The van der Waals surface area contributed by atoms with Crippen LogP contribution in [0.5, 0.6) is 5.75 Å². The highest BCUT2D eigenvalue weighted by Crippen LogP contribution is 2.40. The maximum atomic E-state index is 13.1. The Morgan fingerprint density at radius 2 is 2.07 bits per heavy atom. The van der Waals surface area contributed by atoms with E-state index < -0.39 is 17.7 Å². The molecule has 1 aromatic carbocycles. The van der Waals surface area contributed by atoms with Crippen LogP contribution in [-0.2, 0) is 4.79 Å². The molecule has 1 aliphatic rings. The van der Waals surface area contributed by atoms with E-state index in [1.807, 2.05) is 31.1 Å². The molecule has 148 valence electrons. The second-order valence-corrected chi connectivity index (χ2v) is 7.85. The fourth-order valence-electron chi connectivity index (χ4n) is 3.37. The standard InChI is InChI=1S/C21H24N2O4S/c1-22(2)10-6-11-23-18(14-7-4-8-15(13-14)27-3)17(20(25)21(23)26)19(24)16-9-5-12-28-16/h4-5,7-9,12-13,18,25H,6,10-11H2,1-3H3/t18-/m1/s1. The summed E-state index contributed by atoms with van der Waals surface area (Å²) in [6, 6.07) is 10.1. The van der Waals surface area contributed by atoms with E-state index in [-0.39, 0.29) is 11.4 Å². The molecule has 0 saturated heterocycles. The highest BCUT2D eigenvalue weighted by Gasteiger charge is 2.43. The first-order valence-corrected chi connectivity index (χ1v) is 9.93. The molecule has 28 heavy (non-hydrogen) atoms. The summed E-state index contributed by atoms with van der Waals surface area (Å²) in [7, 11) is 5.50. The van der Waals surface area contributed by atoms with Gasteiger partial charge in [0.2, 0.25) is 5.78 Å². The number of carbonyl (C=O) groups excluding carboxylic acids is 2. The Labute approximate surface area is 168 Å². The number of ketones is 1. The predicted octanol–water partition coefficient (Wildman–Crippen LogP) is 3.29. The van der Waals surface area contributed by atoms with E-state index in [9.17, 15) is 14.7 Å². The van der Waals surface area contributed by atoms with Crippen molar-refractivity contribution >= 4 is 23.0 Å². The van der Waals surface area contributed by atoms with Gasteiger partial charge in [0.1, 0.15) is 5.75 Å². The monoisotopic (exact) mass is 400 g/mol. The SMILES string of the molecule is COc1cccc([C@@H]2C(C(=O)c3cccs3)=C(O)C(=O)N2CCCN(C)C)c1. The summed E-state index contributed by atoms with van der Waals surface area (Å²) in [6.07, 6.45) is 0.729. The fourth-order valence-corrected chi connectivity index (χ4v) is 4.05. The van der Waals surface area contributed by atoms with Crippen LogP contribution in [0.25, 0.3) is 0 Å². The van der Waals surface area contributed by atoms with E-state index in [1.165, 1.54) is 11.3 Å². The summed E-state index contributed by atoms with van der Waals surface area (Å²) in [6.45, 7) is 1.23. The number of aliphatic hydroxyl groups excluding tert-OH is 1. The average Bonchev–Trinajstić information content (AvgIpc) is 3.30. The maximum Gasteiger partial charge on any atom is 0.290 e. The van der Waals surface area contributed by atoms with Gasteiger partial charge in [-0.15, -0.1) is 11.3 Å². The van der Waals surface area contributed by atoms with Crippen molar-refractivity contribution in [3.8, 4) is 5.75 Å². The van der Waals surface area contributed by atoms with Crippen molar-refractivity contribution in [2.24, 2.45) is 0 Å². The van der Waals surface area contributed by atoms with Gasteiger partial charge in [-0.2, -0.15) is 0 Å². The zero-order valence-corrected chi connectivity index (χ0v) is 17.0. The van der Waals surface area contributed by atoms with Crippen molar-refractivity contribution < 1.29 is 19.4 Å². The molecule has 7 heteroatoms. The molecule has 2 aromatic rings. The predicted molar refractivity (Wildman–Crippen MR) is 109 cm³/mol. The molecule has 1 aliphatic heterocycles. The number of carbonyl (C=O) groups is 2. The highest BCUT2D eigenvalue weighted by atomic mass is 32.1. The molecule has 0 saturated carbocycles. The quantitative estimate of drug-likeness (QED) is 0.689. The Balaban J connectivity index is 2.02. The zero-order chi connectivity index (χ0) is 20.3. The highest BCUT2D eigenvalue weighted by molar-refractivity contribution is 7.12. The third-order valence-corrected chi connectivity index (χ3v) is 5.58. The number of ether oxygens (including phenoxy) is 1. The van der Waals surface area contributed by atoms with Crippen molar-refractivity contribution in [2.75, 3.05) is 34.3 Å². The van der Waals surface area contributed by atoms with Gasteiger partial charge in [0.05, 0.1) is 23.6 Å². The lowest BCUT2D eigenvalue weighted by Crippen LogP contribution is -2.33. The van der Waals surface area contributed by atoms with Crippen molar-refractivity contribution in [2.45, 2.75) is 12.5 Å². The van der Waals surface area contributed by atoms with Crippen molar-refractivity contribution in [1.29, 1.82) is 0 Å². The van der Waals surface area contributed by atoms with Crippen LogP contribution in [0.4, 0.5) is 0 Å². The first-order valence-electron chi connectivity index (χ1n) is 9.05. The summed E-state index contributed by atoms with van der Waals surface area (Å²) < 4.78 is 5.31. The minimum atomic E-state index is -0.639. The average molecular weight is 401 g/mol. The van der Waals surface area contributed by atoms with Gasteiger partial charge >= 0.3 is 0 Å². The lowest BCUT2D eigenvalue weighted by Gasteiger charge is -2.27. The van der Waals surface area contributed by atoms with Gasteiger partial charge in [0.15, 0.2) is 5.76 Å². The summed E-state index contributed by atoms with van der Waals surface area (Å²) >= 11 is 1.29. The summed E-state index contributed by atoms with van der Waals surface area (Å²) in [4.78, 5) is 30.0. The first-order chi connectivity index (χ1) is 13.4. The summed E-state index contributed by atoms with van der Waals surface area (Å²) in [5.41, 5.74) is 0.868. The van der Waals surface area contributed by atoms with E-state index in [1.54, 1.807) is 41.7 Å². The van der Waals surface area contributed by atoms with Crippen LogP contribution in [-0.4, -0.2) is 60.9 Å². The number of thiophene rings is 1. The Hall–Kier alpha value is -2.64. The summed E-state index contributed by atoms with van der Waals surface area (Å²) in [5.74, 6) is -0.654.